The molecule has 124 valence electrons. The molecular weight excluding hydrogens is 312 g/mol. The van der Waals surface area contributed by atoms with E-state index in [1.165, 1.54) is 6.42 Å². The maximum atomic E-state index is 6.17. The number of aromatic nitrogens is 2. The minimum atomic E-state index is 0.299. The van der Waals surface area contributed by atoms with Gasteiger partial charge in [-0.15, -0.1) is 10.2 Å². The molecule has 3 atom stereocenters. The van der Waals surface area contributed by atoms with Crippen LogP contribution in [0.5, 0.6) is 0 Å². The Hall–Kier alpha value is -1.44. The van der Waals surface area contributed by atoms with Crippen LogP contribution in [0.4, 0.5) is 5.13 Å². The molecule has 0 amide bonds. The average molecular weight is 334 g/mol. The predicted octanol–water partition coefficient (Wildman–Crippen LogP) is 2.25. The number of anilines is 1. The summed E-state index contributed by atoms with van der Waals surface area (Å²) < 4.78 is 11.7. The van der Waals surface area contributed by atoms with E-state index in [-0.39, 0.29) is 0 Å². The lowest BCUT2D eigenvalue weighted by Crippen LogP contribution is -2.60. The van der Waals surface area contributed by atoms with Gasteiger partial charge >= 0.3 is 0 Å². The molecule has 2 aliphatic rings. The lowest BCUT2D eigenvalue weighted by atomic mass is 9.85. The summed E-state index contributed by atoms with van der Waals surface area (Å²) >= 11 is 1.61. The van der Waals surface area contributed by atoms with Crippen LogP contribution in [0.2, 0.25) is 0 Å². The Bertz CT molecular complexity index is 604. The van der Waals surface area contributed by atoms with Crippen molar-refractivity contribution in [2.24, 2.45) is 5.92 Å². The zero-order chi connectivity index (χ0) is 15.6. The van der Waals surface area contributed by atoms with Gasteiger partial charge in [-0.25, -0.2) is 0 Å². The molecule has 23 heavy (non-hydrogen) atoms. The van der Waals surface area contributed by atoms with Crippen molar-refractivity contribution in [1.29, 1.82) is 0 Å². The molecule has 0 radical (unpaired) electrons. The second-order valence-corrected chi connectivity index (χ2v) is 7.24. The molecule has 2 fully saturated rings. The maximum Gasteiger partial charge on any atom is 0.208 e. The van der Waals surface area contributed by atoms with Crippen LogP contribution >= 0.6 is 11.3 Å². The minimum absolute atomic E-state index is 0.299. The summed E-state index contributed by atoms with van der Waals surface area (Å²) in [6.45, 7) is 3.62. The molecule has 0 N–H and O–H groups in total. The predicted molar refractivity (Wildman–Crippen MR) is 88.5 cm³/mol. The second kappa shape index (κ2) is 6.59. The Morgan fingerprint density at radius 2 is 2.39 bits per heavy atom. The van der Waals surface area contributed by atoms with Gasteiger partial charge in [-0.3, -0.25) is 4.90 Å². The van der Waals surface area contributed by atoms with Crippen LogP contribution in [0.1, 0.15) is 18.6 Å². The topological polar surface area (TPSA) is 54.6 Å². The summed E-state index contributed by atoms with van der Waals surface area (Å²) in [6.07, 6.45) is 4.41. The number of furan rings is 1. The molecule has 0 saturated carbocycles. The number of piperidine rings is 1. The third kappa shape index (κ3) is 3.13. The molecule has 2 aromatic heterocycles. The fraction of sp³-hybridized carbons (Fsp3) is 0.625. The Kier molecular flexibility index (Phi) is 4.33. The molecule has 6 nitrogen and oxygen atoms in total. The standard InChI is InChI=1S/C16H22N4O2S/c1-19(9-13-5-3-6-21-13)14-10-20(16-18-17-11-23-16)8-12-4-2-7-22-15(12)14/h3,5-6,11-12,14-15H,2,4,7-10H2,1H3/t12-,14+,15-/m0/s1. The number of likely N-dealkylation sites (N-methyl/N-ethyl adjacent to an activating group) is 1. The summed E-state index contributed by atoms with van der Waals surface area (Å²) in [5.41, 5.74) is 1.81. The minimum Gasteiger partial charge on any atom is -0.468 e. The lowest BCUT2D eigenvalue weighted by molar-refractivity contribution is -0.0806. The van der Waals surface area contributed by atoms with Crippen molar-refractivity contribution >= 4 is 16.5 Å². The Labute approximate surface area is 140 Å². The van der Waals surface area contributed by atoms with Gasteiger partial charge in [0, 0.05) is 25.6 Å². The fourth-order valence-corrected chi connectivity index (χ4v) is 4.37. The van der Waals surface area contributed by atoms with Crippen LogP contribution in [0, 0.1) is 5.92 Å². The van der Waals surface area contributed by atoms with Crippen LogP contribution in [0.25, 0.3) is 0 Å². The highest BCUT2D eigenvalue weighted by molar-refractivity contribution is 7.13. The molecule has 2 aliphatic heterocycles. The molecular formula is C16H22N4O2S. The van der Waals surface area contributed by atoms with E-state index in [2.05, 4.69) is 27.0 Å². The van der Waals surface area contributed by atoms with Gasteiger partial charge < -0.3 is 14.1 Å². The van der Waals surface area contributed by atoms with E-state index in [4.69, 9.17) is 9.15 Å². The van der Waals surface area contributed by atoms with E-state index >= 15 is 0 Å². The van der Waals surface area contributed by atoms with Crippen molar-refractivity contribution < 1.29 is 9.15 Å². The molecule has 0 aliphatic carbocycles. The Morgan fingerprint density at radius 3 is 3.17 bits per heavy atom. The molecule has 4 rings (SSSR count). The van der Waals surface area contributed by atoms with Gasteiger partial charge in [0.1, 0.15) is 11.3 Å². The van der Waals surface area contributed by atoms with Crippen molar-refractivity contribution in [3.8, 4) is 0 Å². The Balaban J connectivity index is 1.54. The van der Waals surface area contributed by atoms with E-state index in [0.717, 1.165) is 43.6 Å². The SMILES string of the molecule is CN(Cc1ccco1)[C@@H]1CN(c2nncs2)C[C@@H]2CCCO[C@@H]21. The van der Waals surface area contributed by atoms with Gasteiger partial charge in [0.15, 0.2) is 0 Å². The summed E-state index contributed by atoms with van der Waals surface area (Å²) in [6, 6.07) is 4.31. The van der Waals surface area contributed by atoms with Crippen LogP contribution in [-0.4, -0.2) is 54.0 Å². The number of fused-ring (bicyclic) bond motifs is 1. The molecule has 2 aromatic rings. The number of rotatable bonds is 4. The van der Waals surface area contributed by atoms with Crippen LogP contribution in [-0.2, 0) is 11.3 Å². The zero-order valence-corrected chi connectivity index (χ0v) is 14.1. The van der Waals surface area contributed by atoms with Gasteiger partial charge in [-0.1, -0.05) is 11.3 Å². The van der Waals surface area contributed by atoms with Crippen LogP contribution in [0.15, 0.2) is 28.3 Å². The monoisotopic (exact) mass is 334 g/mol. The third-order valence-corrected chi connectivity index (χ3v) is 5.66. The van der Waals surface area contributed by atoms with E-state index < -0.39 is 0 Å². The highest BCUT2D eigenvalue weighted by atomic mass is 32.1. The van der Waals surface area contributed by atoms with E-state index in [1.807, 2.05) is 12.1 Å². The first-order valence-electron chi connectivity index (χ1n) is 8.16. The first kappa shape index (κ1) is 15.1. The quantitative estimate of drug-likeness (QED) is 0.855. The number of hydrogen-bond donors (Lipinski definition) is 0. The number of ether oxygens (including phenoxy) is 1. The highest BCUT2D eigenvalue weighted by Crippen LogP contribution is 2.33. The Morgan fingerprint density at radius 1 is 1.43 bits per heavy atom. The highest BCUT2D eigenvalue weighted by Gasteiger charge is 2.41. The number of hydrogen-bond acceptors (Lipinski definition) is 7. The van der Waals surface area contributed by atoms with E-state index in [9.17, 15) is 0 Å². The fourth-order valence-electron chi connectivity index (χ4n) is 3.79. The molecule has 0 aromatic carbocycles. The molecule has 7 heteroatoms. The summed E-state index contributed by atoms with van der Waals surface area (Å²) in [7, 11) is 2.16. The summed E-state index contributed by atoms with van der Waals surface area (Å²) in [4.78, 5) is 4.73. The summed E-state index contributed by atoms with van der Waals surface area (Å²) in [5, 5.41) is 9.28. The van der Waals surface area contributed by atoms with Gasteiger partial charge in [0.05, 0.1) is 25.0 Å². The van der Waals surface area contributed by atoms with Gasteiger partial charge in [-0.05, 0) is 32.0 Å². The molecule has 4 heterocycles. The van der Waals surface area contributed by atoms with Crippen molar-refractivity contribution in [2.75, 3.05) is 31.6 Å². The summed E-state index contributed by atoms with van der Waals surface area (Å²) in [5.74, 6) is 1.55. The van der Waals surface area contributed by atoms with Crippen molar-refractivity contribution in [3.63, 3.8) is 0 Å². The van der Waals surface area contributed by atoms with Gasteiger partial charge in [0.25, 0.3) is 0 Å². The first-order chi connectivity index (χ1) is 11.3. The van der Waals surface area contributed by atoms with E-state index in [1.54, 1.807) is 23.1 Å². The largest absolute Gasteiger partial charge is 0.468 e. The molecule has 0 spiro atoms. The second-order valence-electron chi connectivity index (χ2n) is 6.43. The molecule has 2 saturated heterocycles. The smallest absolute Gasteiger partial charge is 0.208 e. The van der Waals surface area contributed by atoms with Crippen molar-refractivity contribution in [2.45, 2.75) is 31.5 Å². The zero-order valence-electron chi connectivity index (χ0n) is 13.3. The van der Waals surface area contributed by atoms with Gasteiger partial charge in [-0.2, -0.15) is 0 Å². The first-order valence-corrected chi connectivity index (χ1v) is 9.04. The van der Waals surface area contributed by atoms with Crippen molar-refractivity contribution in [3.05, 3.63) is 29.7 Å². The lowest BCUT2D eigenvalue weighted by Gasteiger charge is -2.48. The van der Waals surface area contributed by atoms with Gasteiger partial charge in [0.2, 0.25) is 5.13 Å². The average Bonchev–Trinajstić information content (AvgIpc) is 3.27. The molecule has 0 bridgehead atoms. The maximum absolute atomic E-state index is 6.17. The van der Waals surface area contributed by atoms with Crippen molar-refractivity contribution in [1.82, 2.24) is 15.1 Å². The third-order valence-electron chi connectivity index (χ3n) is 4.91. The van der Waals surface area contributed by atoms with E-state index in [0.29, 0.717) is 18.1 Å². The van der Waals surface area contributed by atoms with Crippen LogP contribution in [0.3, 0.4) is 0 Å². The molecule has 0 unspecified atom stereocenters. The van der Waals surface area contributed by atoms with Crippen LogP contribution < -0.4 is 4.90 Å². The normalized spacial score (nSPS) is 28.1. The number of nitrogens with zero attached hydrogens (tertiary/aromatic N) is 4.